The van der Waals surface area contributed by atoms with Crippen molar-refractivity contribution < 1.29 is 0 Å². The fraction of sp³-hybridized carbons (Fsp3) is 0.278. The Hall–Kier alpha value is -2.29. The molecule has 3 heteroatoms. The van der Waals surface area contributed by atoms with Crippen LogP contribution >= 0.6 is 0 Å². The Morgan fingerprint density at radius 2 is 2.10 bits per heavy atom. The van der Waals surface area contributed by atoms with Crippen LogP contribution in [0.5, 0.6) is 0 Å². The van der Waals surface area contributed by atoms with E-state index in [-0.39, 0.29) is 0 Å². The van der Waals surface area contributed by atoms with E-state index in [0.717, 1.165) is 29.7 Å². The van der Waals surface area contributed by atoms with Crippen LogP contribution in [0.4, 0.5) is 0 Å². The lowest BCUT2D eigenvalue weighted by Gasteiger charge is -2.15. The third kappa shape index (κ3) is 4.63. The van der Waals surface area contributed by atoms with Crippen LogP contribution in [0, 0.1) is 0 Å². The number of hydrogen-bond donors (Lipinski definition) is 2. The lowest BCUT2D eigenvalue weighted by atomic mass is 9.93. The Kier molecular flexibility index (Phi) is 6.47. The first-order valence-corrected chi connectivity index (χ1v) is 7.18. The molecule has 4 N–H and O–H groups in total. The van der Waals surface area contributed by atoms with Gasteiger partial charge in [0, 0.05) is 11.9 Å². The van der Waals surface area contributed by atoms with E-state index in [1.165, 1.54) is 5.57 Å². The highest BCUT2D eigenvalue weighted by molar-refractivity contribution is 5.94. The lowest BCUT2D eigenvalue weighted by molar-refractivity contribution is 1.04. The first-order valence-electron chi connectivity index (χ1n) is 7.18. The Balaban J connectivity index is 3.01. The van der Waals surface area contributed by atoms with Gasteiger partial charge < -0.3 is 11.5 Å². The SMILES string of the molecule is C=CN=C(C)/C=C1/C=CC(/C(CC)=C(N)/C(N)=C\C)=CC1. The number of allylic oxidation sites excluding steroid dienone is 8. The van der Waals surface area contributed by atoms with E-state index in [4.69, 9.17) is 11.5 Å². The molecule has 3 nitrogen and oxygen atoms in total. The quantitative estimate of drug-likeness (QED) is 0.594. The van der Waals surface area contributed by atoms with Crippen molar-refractivity contribution in [2.24, 2.45) is 16.5 Å². The number of rotatable bonds is 5. The maximum absolute atomic E-state index is 6.14. The highest BCUT2D eigenvalue weighted by Gasteiger charge is 2.10. The van der Waals surface area contributed by atoms with Crippen molar-refractivity contribution in [1.29, 1.82) is 0 Å². The summed E-state index contributed by atoms with van der Waals surface area (Å²) < 4.78 is 0. The summed E-state index contributed by atoms with van der Waals surface area (Å²) in [4.78, 5) is 4.15. The van der Waals surface area contributed by atoms with Crippen molar-refractivity contribution in [3.05, 3.63) is 71.3 Å². The van der Waals surface area contributed by atoms with Gasteiger partial charge in [-0.1, -0.05) is 37.8 Å². The molecule has 0 heterocycles. The molecule has 0 spiro atoms. The molecule has 0 atom stereocenters. The van der Waals surface area contributed by atoms with Gasteiger partial charge in [0.25, 0.3) is 0 Å². The van der Waals surface area contributed by atoms with Crippen LogP contribution in [0.15, 0.2) is 76.3 Å². The summed E-state index contributed by atoms with van der Waals surface area (Å²) in [5.41, 5.74) is 17.8. The molecule has 0 amide bonds. The number of aliphatic imine (C=N–C) groups is 1. The van der Waals surface area contributed by atoms with Crippen LogP contribution in [-0.4, -0.2) is 5.71 Å². The molecule has 0 aromatic heterocycles. The summed E-state index contributed by atoms with van der Waals surface area (Å²) in [6, 6.07) is 0. The molecule has 0 aromatic rings. The average molecular weight is 283 g/mol. The van der Waals surface area contributed by atoms with E-state index < -0.39 is 0 Å². The fourth-order valence-electron chi connectivity index (χ4n) is 2.22. The second kappa shape index (κ2) is 8.10. The van der Waals surface area contributed by atoms with Gasteiger partial charge >= 0.3 is 0 Å². The van der Waals surface area contributed by atoms with Crippen molar-refractivity contribution in [3.63, 3.8) is 0 Å². The van der Waals surface area contributed by atoms with Crippen molar-refractivity contribution in [1.82, 2.24) is 0 Å². The van der Waals surface area contributed by atoms with Crippen LogP contribution in [0.1, 0.15) is 33.6 Å². The zero-order valence-electron chi connectivity index (χ0n) is 13.2. The molecular formula is C18H25N3. The van der Waals surface area contributed by atoms with Gasteiger partial charge in [-0.25, -0.2) is 0 Å². The monoisotopic (exact) mass is 283 g/mol. The molecule has 0 radical (unpaired) electrons. The molecule has 21 heavy (non-hydrogen) atoms. The molecule has 1 aliphatic carbocycles. The molecule has 1 rings (SSSR count). The van der Waals surface area contributed by atoms with Crippen LogP contribution in [-0.2, 0) is 0 Å². The average Bonchev–Trinajstić information content (AvgIpc) is 2.49. The third-order valence-electron chi connectivity index (χ3n) is 3.37. The van der Waals surface area contributed by atoms with Gasteiger partial charge in [0.15, 0.2) is 0 Å². The Labute approximate surface area is 127 Å². The summed E-state index contributed by atoms with van der Waals surface area (Å²) in [6.07, 6.45) is 13.5. The molecular weight excluding hydrogens is 258 g/mol. The standard InChI is InChI=1S/C18H25N3/c1-5-16(18(20)17(19)6-2)15-10-8-14(9-11-15)12-13(4)21-7-3/h6-8,10-12H,3,5,9,19-20H2,1-2,4H3/b14-12-,17-6+,18-16-,21-13?. The molecule has 1 aliphatic rings. The minimum absolute atomic E-state index is 0.636. The normalized spacial score (nSPS) is 19.4. The van der Waals surface area contributed by atoms with Crippen LogP contribution in [0.25, 0.3) is 0 Å². The second-order valence-electron chi connectivity index (χ2n) is 4.86. The van der Waals surface area contributed by atoms with Crippen LogP contribution in [0.2, 0.25) is 0 Å². The van der Waals surface area contributed by atoms with E-state index in [1.54, 1.807) is 6.20 Å². The number of nitrogens with zero attached hydrogens (tertiary/aromatic N) is 1. The minimum Gasteiger partial charge on any atom is -0.397 e. The number of hydrogen-bond acceptors (Lipinski definition) is 3. The lowest BCUT2D eigenvalue weighted by Crippen LogP contribution is -2.13. The Bertz CT molecular complexity index is 582. The Morgan fingerprint density at radius 3 is 2.57 bits per heavy atom. The van der Waals surface area contributed by atoms with Gasteiger partial charge in [-0.15, -0.1) is 0 Å². The van der Waals surface area contributed by atoms with Crippen molar-refractivity contribution in [3.8, 4) is 0 Å². The van der Waals surface area contributed by atoms with Crippen LogP contribution in [0.3, 0.4) is 0 Å². The second-order valence-corrected chi connectivity index (χ2v) is 4.86. The van der Waals surface area contributed by atoms with Gasteiger partial charge in [-0.2, -0.15) is 0 Å². The van der Waals surface area contributed by atoms with Gasteiger partial charge in [0.1, 0.15) is 0 Å². The van der Waals surface area contributed by atoms with Gasteiger partial charge in [-0.05, 0) is 49.5 Å². The van der Waals surface area contributed by atoms with E-state index in [9.17, 15) is 0 Å². The summed E-state index contributed by atoms with van der Waals surface area (Å²) in [5.74, 6) is 0. The highest BCUT2D eigenvalue weighted by Crippen LogP contribution is 2.25. The molecule has 0 unspecified atom stereocenters. The zero-order chi connectivity index (χ0) is 15.8. The number of nitrogens with two attached hydrogens (primary N) is 2. The van der Waals surface area contributed by atoms with E-state index in [0.29, 0.717) is 11.4 Å². The molecule has 0 saturated carbocycles. The van der Waals surface area contributed by atoms with Crippen molar-refractivity contribution in [2.45, 2.75) is 33.6 Å². The zero-order valence-corrected chi connectivity index (χ0v) is 13.2. The predicted octanol–water partition coefficient (Wildman–Crippen LogP) is 3.89. The van der Waals surface area contributed by atoms with Crippen molar-refractivity contribution in [2.75, 3.05) is 0 Å². The smallest absolute Gasteiger partial charge is 0.0582 e. The van der Waals surface area contributed by atoms with Crippen molar-refractivity contribution >= 4 is 5.71 Å². The van der Waals surface area contributed by atoms with E-state index in [1.807, 2.05) is 19.9 Å². The molecule has 0 saturated heterocycles. The third-order valence-corrected chi connectivity index (χ3v) is 3.37. The maximum Gasteiger partial charge on any atom is 0.0582 e. The summed E-state index contributed by atoms with van der Waals surface area (Å²) in [6.45, 7) is 9.54. The highest BCUT2D eigenvalue weighted by atomic mass is 14.7. The predicted molar refractivity (Wildman–Crippen MR) is 92.7 cm³/mol. The first kappa shape index (κ1) is 16.8. The first-order chi connectivity index (χ1) is 10.0. The largest absolute Gasteiger partial charge is 0.397 e. The summed E-state index contributed by atoms with van der Waals surface area (Å²) in [7, 11) is 0. The molecule has 0 bridgehead atoms. The van der Waals surface area contributed by atoms with Crippen LogP contribution < -0.4 is 11.5 Å². The van der Waals surface area contributed by atoms with E-state index >= 15 is 0 Å². The van der Waals surface area contributed by atoms with Gasteiger partial charge in [0.05, 0.1) is 11.4 Å². The summed E-state index contributed by atoms with van der Waals surface area (Å²) >= 11 is 0. The molecule has 0 aromatic carbocycles. The molecule has 0 aliphatic heterocycles. The maximum atomic E-state index is 6.14. The van der Waals surface area contributed by atoms with E-state index in [2.05, 4.69) is 42.8 Å². The molecule has 0 fully saturated rings. The van der Waals surface area contributed by atoms with Gasteiger partial charge in [-0.3, -0.25) is 4.99 Å². The fourth-order valence-corrected chi connectivity index (χ4v) is 2.22. The Morgan fingerprint density at radius 1 is 1.38 bits per heavy atom. The topological polar surface area (TPSA) is 64.4 Å². The summed E-state index contributed by atoms with van der Waals surface area (Å²) in [5, 5.41) is 0. The molecule has 112 valence electrons. The van der Waals surface area contributed by atoms with Gasteiger partial charge in [0.2, 0.25) is 0 Å². The minimum atomic E-state index is 0.636.